The standard InChI is InChI=1S/C10H9N5O/c16-9-2-4-12-10-14(5-6-15(9)10)8-1-3-11-7-13-8/h1-4,7H,5-6H2. The molecule has 0 amide bonds. The first-order valence-corrected chi connectivity index (χ1v) is 4.96. The fourth-order valence-corrected chi connectivity index (χ4v) is 1.81. The van der Waals surface area contributed by atoms with E-state index in [1.54, 1.807) is 16.8 Å². The quantitative estimate of drug-likeness (QED) is 0.679. The molecule has 0 aliphatic carbocycles. The molecule has 6 heteroatoms. The molecule has 2 aromatic heterocycles. The first-order chi connectivity index (χ1) is 7.86. The predicted molar refractivity (Wildman–Crippen MR) is 57.5 cm³/mol. The van der Waals surface area contributed by atoms with E-state index in [4.69, 9.17) is 0 Å². The third kappa shape index (κ3) is 1.27. The molecule has 0 spiro atoms. The molecule has 0 radical (unpaired) electrons. The van der Waals surface area contributed by atoms with Gasteiger partial charge in [0, 0.05) is 31.5 Å². The number of hydrogen-bond acceptors (Lipinski definition) is 5. The van der Waals surface area contributed by atoms with Crippen molar-refractivity contribution in [2.24, 2.45) is 0 Å². The Balaban J connectivity index is 2.11. The third-order valence-electron chi connectivity index (χ3n) is 2.55. The summed E-state index contributed by atoms with van der Waals surface area (Å²) in [6.45, 7) is 1.36. The molecule has 6 nitrogen and oxygen atoms in total. The molecule has 0 bridgehead atoms. The third-order valence-corrected chi connectivity index (χ3v) is 2.55. The van der Waals surface area contributed by atoms with Crippen molar-refractivity contribution in [3.8, 4) is 0 Å². The van der Waals surface area contributed by atoms with E-state index in [2.05, 4.69) is 15.0 Å². The van der Waals surface area contributed by atoms with Crippen molar-refractivity contribution in [3.05, 3.63) is 41.2 Å². The second kappa shape index (κ2) is 3.41. The van der Waals surface area contributed by atoms with Crippen LogP contribution in [0.4, 0.5) is 11.8 Å². The number of aromatic nitrogens is 4. The van der Waals surface area contributed by atoms with Crippen LogP contribution >= 0.6 is 0 Å². The lowest BCUT2D eigenvalue weighted by Crippen LogP contribution is -2.18. The van der Waals surface area contributed by atoms with Gasteiger partial charge in [-0.05, 0) is 6.07 Å². The van der Waals surface area contributed by atoms with Crippen molar-refractivity contribution in [1.29, 1.82) is 0 Å². The first-order valence-electron chi connectivity index (χ1n) is 4.96. The average Bonchev–Trinajstić information content (AvgIpc) is 2.75. The Hall–Kier alpha value is -2.24. The molecule has 0 N–H and O–H groups in total. The number of nitrogens with zero attached hydrogens (tertiary/aromatic N) is 5. The highest BCUT2D eigenvalue weighted by Gasteiger charge is 2.22. The molecular weight excluding hydrogens is 206 g/mol. The molecule has 0 saturated heterocycles. The summed E-state index contributed by atoms with van der Waals surface area (Å²) in [6, 6.07) is 3.27. The van der Waals surface area contributed by atoms with E-state index in [0.717, 1.165) is 5.82 Å². The second-order valence-electron chi connectivity index (χ2n) is 3.45. The zero-order valence-corrected chi connectivity index (χ0v) is 8.45. The van der Waals surface area contributed by atoms with E-state index >= 15 is 0 Å². The fourth-order valence-electron chi connectivity index (χ4n) is 1.81. The SMILES string of the molecule is O=c1ccnc2n1CCN2c1ccncn1. The van der Waals surface area contributed by atoms with E-state index in [1.165, 1.54) is 18.6 Å². The lowest BCUT2D eigenvalue weighted by atomic mass is 10.5. The van der Waals surface area contributed by atoms with Gasteiger partial charge < -0.3 is 0 Å². The van der Waals surface area contributed by atoms with Crippen molar-refractivity contribution in [2.75, 3.05) is 11.4 Å². The van der Waals surface area contributed by atoms with Crippen molar-refractivity contribution < 1.29 is 0 Å². The molecular formula is C10H9N5O. The molecule has 0 fully saturated rings. The normalized spacial score (nSPS) is 13.9. The molecule has 1 aliphatic rings. The predicted octanol–water partition coefficient (Wildman–Crippen LogP) is 0.185. The van der Waals surface area contributed by atoms with Gasteiger partial charge in [-0.15, -0.1) is 0 Å². The van der Waals surface area contributed by atoms with Crippen molar-refractivity contribution in [3.63, 3.8) is 0 Å². The van der Waals surface area contributed by atoms with Gasteiger partial charge in [-0.1, -0.05) is 0 Å². The maximum absolute atomic E-state index is 11.6. The van der Waals surface area contributed by atoms with E-state index in [0.29, 0.717) is 19.0 Å². The zero-order valence-electron chi connectivity index (χ0n) is 8.45. The summed E-state index contributed by atoms with van der Waals surface area (Å²) in [6.07, 6.45) is 4.68. The van der Waals surface area contributed by atoms with E-state index in [1.807, 2.05) is 4.90 Å². The van der Waals surface area contributed by atoms with Gasteiger partial charge in [0.05, 0.1) is 0 Å². The molecule has 0 atom stereocenters. The number of anilines is 2. The van der Waals surface area contributed by atoms with E-state index in [-0.39, 0.29) is 5.56 Å². The van der Waals surface area contributed by atoms with Gasteiger partial charge in [0.15, 0.2) is 0 Å². The van der Waals surface area contributed by atoms with Crippen LogP contribution in [0.3, 0.4) is 0 Å². The van der Waals surface area contributed by atoms with E-state index < -0.39 is 0 Å². The molecule has 0 aromatic carbocycles. The summed E-state index contributed by atoms with van der Waals surface area (Å²) in [7, 11) is 0. The lowest BCUT2D eigenvalue weighted by Gasteiger charge is -2.14. The molecule has 3 heterocycles. The Morgan fingerprint density at radius 2 is 2.06 bits per heavy atom. The molecule has 0 unspecified atom stereocenters. The number of hydrogen-bond donors (Lipinski definition) is 0. The Labute approximate surface area is 91.2 Å². The lowest BCUT2D eigenvalue weighted by molar-refractivity contribution is 0.757. The van der Waals surface area contributed by atoms with E-state index in [9.17, 15) is 4.79 Å². The minimum absolute atomic E-state index is 0.0263. The maximum Gasteiger partial charge on any atom is 0.254 e. The topological polar surface area (TPSA) is 63.9 Å². The first kappa shape index (κ1) is 9.02. The van der Waals surface area contributed by atoms with Gasteiger partial charge in [0.1, 0.15) is 12.1 Å². The van der Waals surface area contributed by atoms with Crippen LogP contribution in [0.5, 0.6) is 0 Å². The Kier molecular flexibility index (Phi) is 1.92. The summed E-state index contributed by atoms with van der Waals surface area (Å²) < 4.78 is 1.64. The van der Waals surface area contributed by atoms with Gasteiger partial charge in [0.2, 0.25) is 5.95 Å². The summed E-state index contributed by atoms with van der Waals surface area (Å²) in [5.74, 6) is 1.41. The molecule has 0 saturated carbocycles. The number of rotatable bonds is 1. The zero-order chi connectivity index (χ0) is 11.0. The van der Waals surface area contributed by atoms with Gasteiger partial charge in [0.25, 0.3) is 5.56 Å². The van der Waals surface area contributed by atoms with Crippen LogP contribution in [0.1, 0.15) is 0 Å². The minimum atomic E-state index is -0.0263. The Bertz CT molecular complexity index is 565. The summed E-state index contributed by atoms with van der Waals surface area (Å²) in [4.78, 5) is 25.7. The Morgan fingerprint density at radius 1 is 1.12 bits per heavy atom. The Morgan fingerprint density at radius 3 is 2.88 bits per heavy atom. The summed E-state index contributed by atoms with van der Waals surface area (Å²) >= 11 is 0. The summed E-state index contributed by atoms with van der Waals surface area (Å²) in [5.41, 5.74) is -0.0263. The van der Waals surface area contributed by atoms with Crippen molar-refractivity contribution in [2.45, 2.75) is 6.54 Å². The molecule has 1 aliphatic heterocycles. The number of fused-ring (bicyclic) bond motifs is 1. The molecule has 3 rings (SSSR count). The largest absolute Gasteiger partial charge is 0.294 e. The van der Waals surface area contributed by atoms with Gasteiger partial charge in [-0.25, -0.2) is 15.0 Å². The highest BCUT2D eigenvalue weighted by molar-refractivity contribution is 5.53. The van der Waals surface area contributed by atoms with Gasteiger partial charge in [-0.2, -0.15) is 0 Å². The molecule has 16 heavy (non-hydrogen) atoms. The van der Waals surface area contributed by atoms with Crippen LogP contribution in [0, 0.1) is 0 Å². The van der Waals surface area contributed by atoms with Crippen LogP contribution in [-0.2, 0) is 6.54 Å². The summed E-state index contributed by atoms with van der Waals surface area (Å²) in [5, 5.41) is 0. The maximum atomic E-state index is 11.6. The fraction of sp³-hybridized carbons (Fsp3) is 0.200. The molecule has 80 valence electrons. The average molecular weight is 215 g/mol. The van der Waals surface area contributed by atoms with Gasteiger partial charge >= 0.3 is 0 Å². The van der Waals surface area contributed by atoms with Crippen molar-refractivity contribution in [1.82, 2.24) is 19.5 Å². The van der Waals surface area contributed by atoms with Gasteiger partial charge in [-0.3, -0.25) is 14.3 Å². The van der Waals surface area contributed by atoms with Crippen LogP contribution in [0.2, 0.25) is 0 Å². The van der Waals surface area contributed by atoms with Crippen LogP contribution in [0.15, 0.2) is 35.6 Å². The smallest absolute Gasteiger partial charge is 0.254 e. The van der Waals surface area contributed by atoms with Crippen LogP contribution in [0.25, 0.3) is 0 Å². The minimum Gasteiger partial charge on any atom is -0.294 e. The highest BCUT2D eigenvalue weighted by atomic mass is 16.1. The monoisotopic (exact) mass is 215 g/mol. The highest BCUT2D eigenvalue weighted by Crippen LogP contribution is 2.23. The van der Waals surface area contributed by atoms with Crippen molar-refractivity contribution >= 4 is 11.8 Å². The molecule has 2 aromatic rings. The van der Waals surface area contributed by atoms with Crippen LogP contribution < -0.4 is 10.5 Å². The van der Waals surface area contributed by atoms with Crippen LogP contribution in [-0.4, -0.2) is 26.1 Å². The second-order valence-corrected chi connectivity index (χ2v) is 3.45.